The van der Waals surface area contributed by atoms with Gasteiger partial charge in [0.05, 0.1) is 23.6 Å². The number of carbonyl (C=O) groups excluding carboxylic acids is 4. The number of carbonyl (C=O) groups is 4. The second-order valence-corrected chi connectivity index (χ2v) is 8.76. The fourth-order valence-corrected chi connectivity index (χ4v) is 5.47. The van der Waals surface area contributed by atoms with Gasteiger partial charge in [0.2, 0.25) is 29.0 Å². The first-order valence-corrected chi connectivity index (χ1v) is 11.0. The van der Waals surface area contributed by atoms with Gasteiger partial charge in [0.1, 0.15) is 0 Å². The maximum absolute atomic E-state index is 13.8. The number of nitrogens with zero attached hydrogens (tertiary/aromatic N) is 1. The Morgan fingerprint density at radius 3 is 1.94 bits per heavy atom. The van der Waals surface area contributed by atoms with E-state index in [2.05, 4.69) is 0 Å². The molecule has 2 N–H and O–H groups in total. The quantitative estimate of drug-likeness (QED) is 0.339. The number of rotatable bonds is 3. The van der Waals surface area contributed by atoms with Gasteiger partial charge in [0.15, 0.2) is 5.69 Å². The molecular weight excluding hydrogens is 452 g/mol. The van der Waals surface area contributed by atoms with Gasteiger partial charge < -0.3 is 9.94 Å². The van der Waals surface area contributed by atoms with Crippen molar-refractivity contribution in [3.63, 3.8) is 0 Å². The third kappa shape index (κ3) is 2.77. The van der Waals surface area contributed by atoms with E-state index in [1.807, 2.05) is 0 Å². The van der Waals surface area contributed by atoms with Crippen LogP contribution < -0.4 is 10.1 Å². The highest BCUT2D eigenvalue weighted by molar-refractivity contribution is 6.37. The molecule has 4 atom stereocenters. The van der Waals surface area contributed by atoms with Crippen LogP contribution in [0, 0.1) is 17.0 Å². The van der Waals surface area contributed by atoms with Crippen LogP contribution in [0.25, 0.3) is 0 Å². The molecule has 4 unspecified atom stereocenters. The van der Waals surface area contributed by atoms with Crippen LogP contribution in [0.5, 0.6) is 0 Å². The fourth-order valence-electron chi connectivity index (χ4n) is 5.47. The Labute approximate surface area is 198 Å². The number of ether oxygens (including phenoxy) is 1. The lowest BCUT2D eigenvalue weighted by Gasteiger charge is -2.27. The monoisotopic (exact) mass is 470 g/mol. The average molecular weight is 470 g/mol. The minimum atomic E-state index is -2.14. The number of imide groups is 1. The number of Topliss-reactive ketones (excluding diaryl/α,β-unsaturated/α-hetero) is 2. The second-order valence-electron chi connectivity index (χ2n) is 8.76. The van der Waals surface area contributed by atoms with E-state index in [0.717, 1.165) is 4.90 Å². The summed E-state index contributed by atoms with van der Waals surface area (Å²) in [4.78, 5) is 55.8. The number of nitrogens with one attached hydrogen (secondary N) is 1. The number of hydrogen-bond donors (Lipinski definition) is 2. The Kier molecular flexibility index (Phi) is 4.60. The van der Waals surface area contributed by atoms with Crippen molar-refractivity contribution in [2.24, 2.45) is 11.8 Å². The van der Waals surface area contributed by atoms with Gasteiger partial charge in [0, 0.05) is 23.3 Å². The van der Waals surface area contributed by atoms with Crippen molar-refractivity contribution in [1.82, 2.24) is 0 Å². The molecule has 3 aromatic carbocycles. The van der Waals surface area contributed by atoms with Crippen LogP contribution in [0.1, 0.15) is 32.4 Å². The normalized spacial score (nSPS) is 25.3. The van der Waals surface area contributed by atoms with Crippen LogP contribution in [0.3, 0.4) is 0 Å². The molecule has 0 saturated carbocycles. The maximum atomic E-state index is 13.8. The Balaban J connectivity index is 1.51. The summed E-state index contributed by atoms with van der Waals surface area (Å²) in [6.07, 6.45) is -0.997. The van der Waals surface area contributed by atoms with Gasteiger partial charge in [0.25, 0.3) is 0 Å². The van der Waals surface area contributed by atoms with Crippen molar-refractivity contribution in [1.29, 1.82) is 0 Å². The van der Waals surface area contributed by atoms with Crippen molar-refractivity contribution in [2.75, 3.05) is 4.90 Å². The van der Waals surface area contributed by atoms with E-state index < -0.39 is 52.1 Å². The third-order valence-corrected chi connectivity index (χ3v) is 7.02. The Morgan fingerprint density at radius 2 is 1.37 bits per heavy atom. The number of ketones is 2. The lowest BCUT2D eigenvalue weighted by atomic mass is 9.77. The third-order valence-electron chi connectivity index (χ3n) is 7.02. The molecule has 1 spiro atoms. The molecule has 2 saturated heterocycles. The summed E-state index contributed by atoms with van der Waals surface area (Å²) >= 11 is 0. The number of anilines is 1. The lowest BCUT2D eigenvalue weighted by Crippen LogP contribution is -2.99. The molecule has 2 amide bonds. The molecule has 0 aromatic heterocycles. The van der Waals surface area contributed by atoms with Crippen LogP contribution in [-0.4, -0.2) is 34.2 Å². The van der Waals surface area contributed by atoms with E-state index in [-0.39, 0.29) is 22.5 Å². The van der Waals surface area contributed by atoms with Crippen LogP contribution in [0.4, 0.5) is 11.4 Å². The average Bonchev–Trinajstić information content (AvgIpc) is 3.44. The Hall–Kier alpha value is -4.02. The van der Waals surface area contributed by atoms with Gasteiger partial charge in [-0.3, -0.25) is 19.2 Å². The van der Waals surface area contributed by atoms with Crippen LogP contribution in [0.15, 0.2) is 78.9 Å². The molecule has 2 aliphatic heterocycles. The van der Waals surface area contributed by atoms with Gasteiger partial charge >= 0.3 is 0 Å². The first-order chi connectivity index (χ1) is 16.9. The van der Waals surface area contributed by atoms with Crippen LogP contribution >= 0.6 is 0 Å². The molecule has 174 valence electrons. The second kappa shape index (κ2) is 7.49. The summed E-state index contributed by atoms with van der Waals surface area (Å²) in [5.41, 5.74) is -1.09. The minimum absolute atomic E-state index is 0.00778. The highest BCUT2D eigenvalue weighted by Crippen LogP contribution is 2.57. The molecular formula is C26H18N2O7. The van der Waals surface area contributed by atoms with Gasteiger partial charge in [-0.1, -0.05) is 54.6 Å². The summed E-state index contributed by atoms with van der Waals surface area (Å²) in [5.74, 6) is -5.05. The summed E-state index contributed by atoms with van der Waals surface area (Å²) in [6.45, 7) is 0. The van der Waals surface area contributed by atoms with Crippen molar-refractivity contribution < 1.29 is 34.3 Å². The molecule has 0 radical (unpaired) electrons. The van der Waals surface area contributed by atoms with E-state index in [0.29, 0.717) is 5.56 Å². The molecule has 0 bridgehead atoms. The van der Waals surface area contributed by atoms with Gasteiger partial charge in [-0.2, -0.15) is 5.23 Å². The van der Waals surface area contributed by atoms with Crippen molar-refractivity contribution in [2.45, 2.75) is 11.7 Å². The molecule has 9 nitrogen and oxygen atoms in total. The zero-order valence-electron chi connectivity index (χ0n) is 18.1. The van der Waals surface area contributed by atoms with E-state index in [1.54, 1.807) is 42.5 Å². The standard InChI is InChI=1S/C26H18N2O7/c29-22-17-8-4-5-9-18(17)23(30)26(22)20-19(21(35-26)14-6-2-1-3-7-14)24(31)27(25(20)32)15-10-12-16(13-11-15)28(33)34/h1-13,19-21,28,33H. The molecule has 3 aliphatic rings. The summed E-state index contributed by atoms with van der Waals surface area (Å²) in [6, 6.07) is 20.3. The number of amides is 2. The number of benzene rings is 3. The van der Waals surface area contributed by atoms with Crippen molar-refractivity contribution in [3.05, 3.63) is 101 Å². The van der Waals surface area contributed by atoms with Gasteiger partial charge in [-0.15, -0.1) is 0 Å². The first kappa shape index (κ1) is 21.5. The van der Waals surface area contributed by atoms with Gasteiger partial charge in [-0.05, 0) is 17.7 Å². The van der Waals surface area contributed by atoms with Crippen molar-refractivity contribution in [3.8, 4) is 0 Å². The Bertz CT molecular complexity index is 1370. The highest BCUT2D eigenvalue weighted by atomic mass is 16.8. The Morgan fingerprint density at radius 1 is 0.800 bits per heavy atom. The van der Waals surface area contributed by atoms with E-state index in [9.17, 15) is 29.6 Å². The van der Waals surface area contributed by atoms with E-state index in [1.165, 1.54) is 36.4 Å². The predicted octanol–water partition coefficient (Wildman–Crippen LogP) is 1.79. The highest BCUT2D eigenvalue weighted by Gasteiger charge is 2.74. The smallest absolute Gasteiger partial charge is 0.241 e. The molecule has 1 aliphatic carbocycles. The minimum Gasteiger partial charge on any atom is -0.595 e. The summed E-state index contributed by atoms with van der Waals surface area (Å²) in [7, 11) is 0. The number of quaternary nitrogens is 1. The molecule has 9 heteroatoms. The molecule has 6 rings (SSSR count). The maximum Gasteiger partial charge on any atom is 0.241 e. The van der Waals surface area contributed by atoms with E-state index in [4.69, 9.17) is 4.74 Å². The lowest BCUT2D eigenvalue weighted by molar-refractivity contribution is -0.991. The molecule has 2 heterocycles. The fraction of sp³-hybridized carbons (Fsp3) is 0.154. The zero-order chi connectivity index (χ0) is 24.5. The predicted molar refractivity (Wildman–Crippen MR) is 120 cm³/mol. The molecule has 3 aromatic rings. The van der Waals surface area contributed by atoms with E-state index >= 15 is 0 Å². The van der Waals surface area contributed by atoms with Crippen LogP contribution in [0.2, 0.25) is 0 Å². The molecule has 35 heavy (non-hydrogen) atoms. The molecule has 2 fully saturated rings. The summed E-state index contributed by atoms with van der Waals surface area (Å²) < 4.78 is 6.20. The van der Waals surface area contributed by atoms with Gasteiger partial charge in [-0.25, -0.2) is 10.1 Å². The summed E-state index contributed by atoms with van der Waals surface area (Å²) in [5, 5.41) is 19.3. The zero-order valence-corrected chi connectivity index (χ0v) is 18.1. The van der Waals surface area contributed by atoms with Crippen LogP contribution in [-0.2, 0) is 14.3 Å². The number of fused-ring (bicyclic) bond motifs is 3. The topological polar surface area (TPSA) is 128 Å². The first-order valence-electron chi connectivity index (χ1n) is 11.0. The largest absolute Gasteiger partial charge is 0.595 e. The SMILES string of the molecule is O=C1C2C(c3ccccc3)OC3(C(=O)c4ccccc4C3=O)C2C(=O)N1c1ccc([NH+]([O-])O)cc1. The number of hydrogen-bond acceptors (Lipinski definition) is 7. The van der Waals surface area contributed by atoms with Crippen molar-refractivity contribution >= 4 is 34.8 Å².